The fourth-order valence-corrected chi connectivity index (χ4v) is 18.9. The Bertz CT molecular complexity index is 6690. The molecule has 5 aliphatic heterocycles. The number of aromatic nitrogens is 21. The number of nitriles is 2. The molecule has 4 unspecified atom stereocenters. The maximum atomic E-state index is 16.8. The van der Waals surface area contributed by atoms with Gasteiger partial charge in [-0.15, -0.1) is 20.4 Å². The third-order valence-corrected chi connectivity index (χ3v) is 26.1. The molecule has 2 bridgehead atoms. The van der Waals surface area contributed by atoms with Crippen molar-refractivity contribution in [1.82, 2.24) is 111 Å². The number of alkyl halides is 4. The molecule has 0 aliphatic carbocycles. The third kappa shape index (κ3) is 26.8. The van der Waals surface area contributed by atoms with Crippen molar-refractivity contribution in [1.29, 1.82) is 10.5 Å². The van der Waals surface area contributed by atoms with Crippen molar-refractivity contribution in [2.45, 2.75) is 139 Å². The Morgan fingerprint density at radius 2 is 1.12 bits per heavy atom. The first-order chi connectivity index (χ1) is 67.1. The highest BCUT2D eigenvalue weighted by atomic mass is 35.7. The van der Waals surface area contributed by atoms with Crippen LogP contribution in [0.3, 0.4) is 0 Å². The first-order valence-corrected chi connectivity index (χ1v) is 51.3. The molecular formula is C76H86ClF4N28O25P5S2. The van der Waals surface area contributed by atoms with Crippen LogP contribution in [0.25, 0.3) is 44.7 Å². The number of benzene rings is 3. The summed E-state index contributed by atoms with van der Waals surface area (Å²) in [6, 6.07) is 34.8. The number of aromatic amines is 2. The van der Waals surface area contributed by atoms with Gasteiger partial charge >= 0.3 is 37.4 Å². The minimum atomic E-state index is -4.17. The number of amides is 4. The van der Waals surface area contributed by atoms with E-state index in [0.717, 1.165) is 31.4 Å². The quantitative estimate of drug-likeness (QED) is 0.0139. The van der Waals surface area contributed by atoms with Gasteiger partial charge in [-0.1, -0.05) is 109 Å². The zero-order valence-electron chi connectivity index (χ0n) is 73.7. The van der Waals surface area contributed by atoms with Crippen molar-refractivity contribution in [2.75, 3.05) is 67.6 Å². The van der Waals surface area contributed by atoms with Gasteiger partial charge in [0.2, 0.25) is 23.7 Å². The number of nitrogens with one attached hydrogen (secondary N) is 6. The van der Waals surface area contributed by atoms with E-state index in [0.29, 0.717) is 16.9 Å². The van der Waals surface area contributed by atoms with Crippen molar-refractivity contribution in [2.24, 2.45) is 11.8 Å². The topological polar surface area (TPSA) is 713 Å². The van der Waals surface area contributed by atoms with E-state index < -0.39 is 209 Å². The Morgan fingerprint density at radius 3 is 1.61 bits per heavy atom. The Kier molecular flexibility index (Phi) is 37.9. The molecule has 141 heavy (non-hydrogen) atoms. The number of rotatable bonds is 26. The highest BCUT2D eigenvalue weighted by Gasteiger charge is 2.56. The second-order valence-corrected chi connectivity index (χ2v) is 40.8. The monoisotopic (exact) mass is 2120 g/mol. The fourth-order valence-electron chi connectivity index (χ4n) is 13.2. The molecule has 5 aliphatic rings. The Morgan fingerprint density at radius 1 is 0.645 bits per heavy atom. The van der Waals surface area contributed by atoms with Crippen molar-refractivity contribution in [3.05, 3.63) is 166 Å². The molecule has 5 saturated heterocycles. The van der Waals surface area contributed by atoms with Crippen LogP contribution < -0.4 is 43.1 Å². The summed E-state index contributed by atoms with van der Waals surface area (Å²) in [5, 5.41) is 81.0. The summed E-state index contributed by atoms with van der Waals surface area (Å²) in [5.74, 6) is -2.93. The number of carbonyl (C=O) groups excluding carboxylic acids is 4. The van der Waals surface area contributed by atoms with E-state index in [9.17, 15) is 53.7 Å². The number of ether oxygens (including phenoxy) is 4. The van der Waals surface area contributed by atoms with Crippen LogP contribution in [0.5, 0.6) is 5.75 Å². The predicted molar refractivity (Wildman–Crippen MR) is 492 cm³/mol. The molecule has 17 rings (SSSR count). The number of para-hydroxylation sites is 1. The number of fused-ring (bicyclic) bond motifs is 7. The normalized spacial score (nSPS) is 25.0. The Hall–Kier alpha value is -11.6. The number of aliphatic hydroxyl groups is 2. The number of hydrogen-bond acceptors (Lipinski definition) is 44. The second-order valence-electron chi connectivity index (χ2n) is 30.2. The summed E-state index contributed by atoms with van der Waals surface area (Å²) >= 11 is 16.6. The van der Waals surface area contributed by atoms with Gasteiger partial charge in [0.15, 0.2) is 106 Å². The van der Waals surface area contributed by atoms with Crippen molar-refractivity contribution >= 4 is 164 Å². The minimum absolute atomic E-state index is 0. The molecule has 0 saturated carbocycles. The van der Waals surface area contributed by atoms with Crippen LogP contribution in [0, 0.1) is 34.5 Å². The molecule has 5 fully saturated rings. The maximum Gasteiger partial charge on any atom is 0.333 e. The number of hydrogen-bond donors (Lipinski definition) is 11. The average molecular weight is 2120 g/mol. The van der Waals surface area contributed by atoms with Crippen molar-refractivity contribution in [3.8, 4) is 17.9 Å². The SMILES string of the molecule is CC(C)C(=O)Nc1nc2c(nnn2[C@@H]2O[C@@H]3COP(=S)(OCCC#N)O[C@H]4[C@H](F)[C@H](n5nnc6c(NC(=O)c7ccccc7)ncnc65)O[C@@H]4COP(O)O[C@H]2[C@@H]3F)c(=O)[nH]1.CC(C)C(=O)Nc1nc2c(nnn2[C@@H]2O[C@H](COP(=S)(OCCC#N)O[C@H]3[C@H](F)[C@H](n4nnc5c(NC(=O)c6ccccc6)ncnc54)O[C@@H]3CO)[C@@H](F)[C@@H]2O)c(=O)[nH]1.CP(=O)(Cl)Oc1ccccc1.N.O=PO.[HH].c1ccncc1. The van der Waals surface area contributed by atoms with Gasteiger partial charge in [-0.05, 0) is 83.4 Å². The van der Waals surface area contributed by atoms with Gasteiger partial charge in [-0.2, -0.15) is 39.2 Å². The number of aliphatic hydroxyl groups excluding tert-OH is 2. The van der Waals surface area contributed by atoms with E-state index in [-0.39, 0.29) is 102 Å². The molecule has 53 nitrogen and oxygen atoms in total. The van der Waals surface area contributed by atoms with Crippen LogP contribution in [0.15, 0.2) is 144 Å². The molecule has 9 aromatic heterocycles. The van der Waals surface area contributed by atoms with E-state index in [4.69, 9.17) is 109 Å². The summed E-state index contributed by atoms with van der Waals surface area (Å²) in [6.07, 6.45) is -22.7. The average Bonchev–Trinajstić information content (AvgIpc) is 1.62. The summed E-state index contributed by atoms with van der Waals surface area (Å²) in [6.45, 7) is -6.98. The van der Waals surface area contributed by atoms with Crippen LogP contribution in [-0.4, -0.2) is 268 Å². The van der Waals surface area contributed by atoms with Crippen LogP contribution in [0.2, 0.25) is 0 Å². The number of pyridine rings is 1. The predicted octanol–water partition coefficient (Wildman–Crippen LogP) is 8.04. The van der Waals surface area contributed by atoms with Gasteiger partial charge < -0.3 is 87.4 Å². The smallest absolute Gasteiger partial charge is 0.333 e. The Labute approximate surface area is 810 Å². The standard InChI is InChI=1S/C32H33F2N13O11P2S.C32H34F2N13O10PS.C7H8ClO2P.C5H5N.H3N.HO2P.H2/c1-14(2)27(48)40-32-39-26-21(29(50)41-32)43-45-47(26)31-23-18(33)16(55-31)12-54-60(61,53-10-6-9-35)58-22-17(11-52-59(51)57-23)56-30(19(22)34)46-25-20(42-44-46)24(36-13-37-25)38-28(49)15-7-4-3-5-8-15;1-14(2)27(50)40-32-39-26-21(29(52)41-32)43-45-47(26)31-22(49)18(33)17(56-31)12-54-58(59,53-10-6-9-35)57-23-16(11-48)55-30(19(23)34)46-25-20(42-44-46)24(36-13-37-25)38-28(51)15-7-4-3-5-8-15;1-11(8,9)10-7-5-3-2-4-6-7;1-2-4-6-5-3-1;;1-3-2;/h3-5,7-8,13-14,16-19,22-23,30-31,51H,6,10-12H2,1-2H3,(H,36,37,38,49)(H2,39,40,41,48,50);3-5,7-8,13-14,16-19,22-23,30-31,48-49H,6,10-12H2,1-2H3,(H,36,37,38,51)(H2,39,40,41,50,52);2-6H,1H3;1-5H;1H3;(H,1,2);1H/t16-,17-,18-,19+,22-,23+,30-,31-,59?,60?;16-,17-,18-,19+,22+,23-,30-,31-,58?;;;;;/m11...../s1. The lowest BCUT2D eigenvalue weighted by Crippen LogP contribution is -2.34. The molecule has 0 radical (unpaired) electrons. The summed E-state index contributed by atoms with van der Waals surface area (Å²) in [7, 11) is -3.85. The van der Waals surface area contributed by atoms with E-state index in [1.807, 2.05) is 36.4 Å². The van der Waals surface area contributed by atoms with E-state index >= 15 is 17.6 Å². The first-order valence-electron chi connectivity index (χ1n) is 41.3. The third-order valence-electron chi connectivity index (χ3n) is 19.9. The molecule has 20 atom stereocenters. The zero-order chi connectivity index (χ0) is 100. The Balaban J connectivity index is 0.000000224. The van der Waals surface area contributed by atoms with Gasteiger partial charge in [-0.25, -0.2) is 42.1 Å². The fraction of sp³-hybridized carbons (Fsp3) is 0.408. The van der Waals surface area contributed by atoms with Gasteiger partial charge in [-0.3, -0.25) is 68.0 Å². The molecule has 13 N–H and O–H groups in total. The molecule has 12 aromatic rings. The van der Waals surface area contributed by atoms with Gasteiger partial charge in [0.1, 0.15) is 67.2 Å². The molecule has 65 heteroatoms. The van der Waals surface area contributed by atoms with Gasteiger partial charge in [0, 0.05) is 43.4 Å². The van der Waals surface area contributed by atoms with Crippen LogP contribution in [0.1, 0.15) is 87.6 Å². The van der Waals surface area contributed by atoms with Gasteiger partial charge in [0.25, 0.3) is 22.9 Å². The molecule has 4 amide bonds. The number of halogens is 5. The van der Waals surface area contributed by atoms with Gasteiger partial charge in [0.05, 0.1) is 64.6 Å². The molecule has 0 spiro atoms. The second kappa shape index (κ2) is 49.4. The lowest BCUT2D eigenvalue weighted by atomic mass is 10.1. The minimum Gasteiger partial charge on any atom is -0.433 e. The number of carbonyl (C=O) groups is 4. The molecule has 752 valence electrons. The lowest BCUT2D eigenvalue weighted by Gasteiger charge is -2.28. The van der Waals surface area contributed by atoms with E-state index in [2.05, 4.69) is 107 Å². The van der Waals surface area contributed by atoms with Crippen LogP contribution in [0.4, 0.5) is 41.1 Å². The zero-order valence-corrected chi connectivity index (χ0v) is 80.5. The van der Waals surface area contributed by atoms with Crippen LogP contribution >= 0.6 is 48.7 Å². The first kappa shape index (κ1) is 108. The van der Waals surface area contributed by atoms with E-state index in [1.54, 1.807) is 125 Å². The van der Waals surface area contributed by atoms with Crippen molar-refractivity contribution in [3.63, 3.8) is 0 Å². The number of anilines is 4. The summed E-state index contributed by atoms with van der Waals surface area (Å²) in [5.41, 5.74) is -2.13. The molecular weight excluding hydrogens is 2040 g/mol. The highest BCUT2D eigenvalue weighted by molar-refractivity contribution is 8.07. The lowest BCUT2D eigenvalue weighted by molar-refractivity contribution is -0.119. The number of H-pyrrole nitrogens is 2. The molecule has 3 aromatic carbocycles. The van der Waals surface area contributed by atoms with Crippen LogP contribution in [-0.2, 0) is 97.5 Å². The van der Waals surface area contributed by atoms with Crippen molar-refractivity contribution < 1.29 is 127 Å². The number of nitrogens with zero attached hydrogens (tertiary/aromatic N) is 21. The van der Waals surface area contributed by atoms with E-state index in [1.165, 1.54) is 6.66 Å². The highest BCUT2D eigenvalue weighted by Crippen LogP contribution is 2.58. The summed E-state index contributed by atoms with van der Waals surface area (Å²) in [4.78, 5) is 127. The maximum absolute atomic E-state index is 16.8. The largest absolute Gasteiger partial charge is 0.433 e. The summed E-state index contributed by atoms with van der Waals surface area (Å²) < 4.78 is 163. The molecule has 14 heterocycles.